The third kappa shape index (κ3) is 6.81. The highest BCUT2D eigenvalue weighted by atomic mass is 28.4. The van der Waals surface area contributed by atoms with Crippen molar-refractivity contribution in [2.24, 2.45) is 0 Å². The quantitative estimate of drug-likeness (QED) is 0.563. The van der Waals surface area contributed by atoms with Crippen molar-refractivity contribution < 1.29 is 13.6 Å². The summed E-state index contributed by atoms with van der Waals surface area (Å²) in [7, 11) is -1.56. The van der Waals surface area contributed by atoms with Crippen molar-refractivity contribution >= 4 is 22.7 Å². The lowest BCUT2D eigenvalue weighted by molar-refractivity contribution is 0.152. The van der Waals surface area contributed by atoms with E-state index in [0.717, 1.165) is 11.3 Å². The summed E-state index contributed by atoms with van der Waals surface area (Å²) in [6, 6.07) is 8.02. The molecule has 0 radical (unpaired) electrons. The zero-order valence-electron chi connectivity index (χ0n) is 13.6. The second kappa shape index (κ2) is 6.50. The molecule has 0 N–H and O–H groups in total. The Labute approximate surface area is 124 Å². The van der Waals surface area contributed by atoms with Crippen LogP contribution in [-0.2, 0) is 9.16 Å². The van der Waals surface area contributed by atoms with E-state index >= 15 is 0 Å². The van der Waals surface area contributed by atoms with E-state index in [2.05, 4.69) is 39.3 Å². The average molecular weight is 311 g/mol. The summed E-state index contributed by atoms with van der Waals surface area (Å²) in [4.78, 5) is 0. The maximum absolute atomic E-state index is 5.93. The summed E-state index contributed by atoms with van der Waals surface area (Å²) in [5.74, 6) is 1.49. The van der Waals surface area contributed by atoms with Gasteiger partial charge in [0.2, 0.25) is 16.6 Å². The van der Waals surface area contributed by atoms with Gasteiger partial charge in [0.15, 0.2) is 0 Å². The molecule has 3 nitrogen and oxygen atoms in total. The van der Waals surface area contributed by atoms with Crippen molar-refractivity contribution in [1.82, 2.24) is 0 Å². The van der Waals surface area contributed by atoms with Gasteiger partial charge in [-0.2, -0.15) is 0 Å². The first-order valence-corrected chi connectivity index (χ1v) is 13.6. The Kier molecular flexibility index (Phi) is 5.47. The van der Waals surface area contributed by atoms with Crippen LogP contribution in [0.25, 0.3) is 6.08 Å². The van der Waals surface area contributed by atoms with Crippen molar-refractivity contribution in [3.8, 4) is 5.75 Å². The van der Waals surface area contributed by atoms with Gasteiger partial charge in [-0.05, 0) is 57.0 Å². The molecule has 0 spiro atoms. The van der Waals surface area contributed by atoms with Gasteiger partial charge in [0.25, 0.3) is 5.95 Å². The molecule has 0 atom stereocenters. The molecule has 5 heteroatoms. The Balaban J connectivity index is 2.82. The molecular weight excluding hydrogens is 284 g/mol. The van der Waals surface area contributed by atoms with E-state index < -0.39 is 16.6 Å². The Bertz CT molecular complexity index is 453. The van der Waals surface area contributed by atoms with E-state index in [-0.39, 0.29) is 0 Å². The third-order valence-corrected chi connectivity index (χ3v) is 3.86. The highest BCUT2D eigenvalue weighted by molar-refractivity contribution is 6.70. The molecule has 1 aromatic carbocycles. The van der Waals surface area contributed by atoms with Crippen LogP contribution in [0, 0.1) is 0 Å². The molecule has 0 aliphatic carbocycles. The zero-order valence-corrected chi connectivity index (χ0v) is 15.6. The predicted molar refractivity (Wildman–Crippen MR) is 89.8 cm³/mol. The van der Waals surface area contributed by atoms with Crippen LogP contribution in [0.2, 0.25) is 39.3 Å². The van der Waals surface area contributed by atoms with Crippen LogP contribution in [-0.4, -0.2) is 23.7 Å². The second-order valence-corrected chi connectivity index (χ2v) is 15.5. The normalized spacial score (nSPS) is 13.1. The Morgan fingerprint density at radius 2 is 1.45 bits per heavy atom. The van der Waals surface area contributed by atoms with E-state index in [1.54, 1.807) is 7.11 Å². The van der Waals surface area contributed by atoms with E-state index in [1.165, 1.54) is 0 Å². The molecule has 1 aromatic rings. The lowest BCUT2D eigenvalue weighted by Crippen LogP contribution is -2.29. The van der Waals surface area contributed by atoms with Gasteiger partial charge in [-0.25, -0.2) is 0 Å². The van der Waals surface area contributed by atoms with Crippen LogP contribution in [0.5, 0.6) is 5.75 Å². The van der Waals surface area contributed by atoms with E-state index in [0.29, 0.717) is 5.95 Å². The van der Waals surface area contributed by atoms with Crippen molar-refractivity contribution in [1.29, 1.82) is 0 Å². The minimum Gasteiger partial charge on any atom is -0.544 e. The van der Waals surface area contributed by atoms with Crippen molar-refractivity contribution in [2.75, 3.05) is 7.11 Å². The zero-order chi connectivity index (χ0) is 15.4. The first-order chi connectivity index (χ1) is 9.09. The maximum Gasteiger partial charge on any atom is 0.265 e. The lowest BCUT2D eigenvalue weighted by Gasteiger charge is -2.20. The monoisotopic (exact) mass is 310 g/mol. The largest absolute Gasteiger partial charge is 0.544 e. The van der Waals surface area contributed by atoms with Gasteiger partial charge in [-0.15, -0.1) is 0 Å². The summed E-state index contributed by atoms with van der Waals surface area (Å²) < 4.78 is 17.1. The molecular formula is C15H26O3Si2. The minimum absolute atomic E-state index is 0.572. The summed E-state index contributed by atoms with van der Waals surface area (Å²) in [5, 5.41) is 0. The maximum atomic E-state index is 5.93. The van der Waals surface area contributed by atoms with Gasteiger partial charge in [0.1, 0.15) is 5.75 Å². The fraction of sp³-hybridized carbons (Fsp3) is 0.467. The predicted octanol–water partition coefficient (Wildman–Crippen LogP) is 4.70. The van der Waals surface area contributed by atoms with Crippen LogP contribution in [0.15, 0.2) is 30.2 Å². The smallest absolute Gasteiger partial charge is 0.265 e. The van der Waals surface area contributed by atoms with Crippen molar-refractivity contribution in [3.63, 3.8) is 0 Å². The molecule has 0 heterocycles. The molecule has 1 rings (SSSR count). The topological polar surface area (TPSA) is 27.7 Å². The molecule has 0 aromatic heterocycles. The number of ether oxygens (including phenoxy) is 1. The Morgan fingerprint density at radius 1 is 0.900 bits per heavy atom. The van der Waals surface area contributed by atoms with Gasteiger partial charge in [-0.1, -0.05) is 12.1 Å². The molecule has 0 unspecified atom stereocenters. The molecule has 0 saturated carbocycles. The lowest BCUT2D eigenvalue weighted by atomic mass is 10.2. The first kappa shape index (κ1) is 16.8. The Hall–Kier alpha value is -1.21. The van der Waals surface area contributed by atoms with Crippen LogP contribution in [0.3, 0.4) is 0 Å². The number of rotatable bonds is 6. The fourth-order valence-corrected chi connectivity index (χ4v) is 3.14. The van der Waals surface area contributed by atoms with Gasteiger partial charge in [-0.3, -0.25) is 0 Å². The third-order valence-electron chi connectivity index (χ3n) is 2.20. The number of hydrogen-bond acceptors (Lipinski definition) is 3. The average Bonchev–Trinajstić information content (AvgIpc) is 2.27. The highest BCUT2D eigenvalue weighted by Crippen LogP contribution is 2.19. The standard InChI is InChI=1S/C15H26O3Si2/c1-16-15(18-20(5,6)7)12-13-8-10-14(11-9-13)17-19(2,3)4/h8-12H,1-7H3. The summed E-state index contributed by atoms with van der Waals surface area (Å²) in [6.45, 7) is 12.9. The molecule has 0 fully saturated rings. The number of methoxy groups -OCH3 is 1. The van der Waals surface area contributed by atoms with Crippen LogP contribution < -0.4 is 4.43 Å². The first-order valence-electron chi connectivity index (χ1n) is 6.83. The highest BCUT2D eigenvalue weighted by Gasteiger charge is 2.18. The SMILES string of the molecule is COC(=Cc1ccc(O[Si](C)(C)C)cc1)O[Si](C)(C)C. The van der Waals surface area contributed by atoms with Crippen LogP contribution in [0.4, 0.5) is 0 Å². The van der Waals surface area contributed by atoms with Crippen molar-refractivity contribution in [3.05, 3.63) is 35.8 Å². The summed E-state index contributed by atoms with van der Waals surface area (Å²) in [6.07, 6.45) is 1.91. The summed E-state index contributed by atoms with van der Waals surface area (Å²) >= 11 is 0. The van der Waals surface area contributed by atoms with E-state index in [9.17, 15) is 0 Å². The van der Waals surface area contributed by atoms with Crippen molar-refractivity contribution in [2.45, 2.75) is 39.3 Å². The van der Waals surface area contributed by atoms with Gasteiger partial charge in [0.05, 0.1) is 7.11 Å². The van der Waals surface area contributed by atoms with E-state index in [4.69, 9.17) is 13.6 Å². The van der Waals surface area contributed by atoms with Gasteiger partial charge >= 0.3 is 0 Å². The molecule has 112 valence electrons. The minimum atomic E-state index is -1.65. The molecule has 0 saturated heterocycles. The van der Waals surface area contributed by atoms with Gasteiger partial charge in [0, 0.05) is 6.08 Å². The number of hydrogen-bond donors (Lipinski definition) is 0. The molecule has 20 heavy (non-hydrogen) atoms. The number of benzene rings is 1. The summed E-state index contributed by atoms with van der Waals surface area (Å²) in [5.41, 5.74) is 1.04. The Morgan fingerprint density at radius 3 is 1.85 bits per heavy atom. The molecule has 0 aliphatic rings. The van der Waals surface area contributed by atoms with E-state index in [1.807, 2.05) is 30.3 Å². The molecule has 0 amide bonds. The second-order valence-electron chi connectivity index (χ2n) is 6.67. The van der Waals surface area contributed by atoms with Crippen LogP contribution in [0.1, 0.15) is 5.56 Å². The van der Waals surface area contributed by atoms with Crippen LogP contribution >= 0.6 is 0 Å². The fourth-order valence-electron chi connectivity index (χ4n) is 1.55. The molecule has 0 bridgehead atoms. The molecule has 0 aliphatic heterocycles. The van der Waals surface area contributed by atoms with Gasteiger partial charge < -0.3 is 13.6 Å².